The van der Waals surface area contributed by atoms with Gasteiger partial charge < -0.3 is 25.0 Å². The number of amides is 2. The number of nitrogens with zero attached hydrogens (tertiary/aromatic N) is 2. The van der Waals surface area contributed by atoms with Crippen LogP contribution in [0.1, 0.15) is 42.5 Å². The van der Waals surface area contributed by atoms with Crippen LogP contribution < -0.4 is 10.6 Å². The number of ether oxygens (including phenoxy) is 1. The van der Waals surface area contributed by atoms with Gasteiger partial charge in [-0.25, -0.2) is 4.98 Å². The van der Waals surface area contributed by atoms with E-state index in [0.29, 0.717) is 34.5 Å². The molecule has 8 heteroatoms. The molecule has 2 unspecified atom stereocenters. The average molecular weight is 489 g/mol. The van der Waals surface area contributed by atoms with Crippen LogP contribution in [0.3, 0.4) is 0 Å². The van der Waals surface area contributed by atoms with E-state index in [2.05, 4.69) is 10.6 Å². The Labute approximate surface area is 210 Å². The van der Waals surface area contributed by atoms with E-state index < -0.39 is 5.60 Å². The summed E-state index contributed by atoms with van der Waals surface area (Å²) in [5.41, 5.74) is 2.76. The number of hydrogen-bond acceptors (Lipinski definition) is 5. The van der Waals surface area contributed by atoms with Crippen LogP contribution in [0.2, 0.25) is 0 Å². The Balaban J connectivity index is 1.35. The van der Waals surface area contributed by atoms with Gasteiger partial charge in [0.15, 0.2) is 0 Å². The van der Waals surface area contributed by atoms with Crippen LogP contribution >= 0.6 is 0 Å². The molecule has 4 aliphatic carbocycles. The molecule has 188 valence electrons. The first-order valence-electron chi connectivity index (χ1n) is 12.7. The molecule has 2 atom stereocenters. The molecular formula is C28H32N4O4. The SMILES string of the molecule is COCC(=O)Nc1cc(C(=O)NC2C3CC4CC2CC(O)(C4)C3)cc2nc(-c3ccccc3)n(C)c12. The predicted octanol–water partition coefficient (Wildman–Crippen LogP) is 3.49. The van der Waals surface area contributed by atoms with Crippen molar-refractivity contribution >= 4 is 28.5 Å². The van der Waals surface area contributed by atoms with Crippen LogP contribution in [-0.2, 0) is 16.6 Å². The van der Waals surface area contributed by atoms with E-state index in [-0.39, 0.29) is 24.5 Å². The molecule has 4 bridgehead atoms. The van der Waals surface area contributed by atoms with E-state index in [0.717, 1.165) is 49.0 Å². The fourth-order valence-electron chi connectivity index (χ4n) is 7.19. The number of carbonyl (C=O) groups excluding carboxylic acids is 2. The molecule has 36 heavy (non-hydrogen) atoms. The molecule has 4 fully saturated rings. The first-order chi connectivity index (χ1) is 17.3. The third kappa shape index (κ3) is 3.98. The van der Waals surface area contributed by atoms with Crippen LogP contribution in [0.5, 0.6) is 0 Å². The van der Waals surface area contributed by atoms with Crippen molar-refractivity contribution in [3.63, 3.8) is 0 Å². The van der Waals surface area contributed by atoms with Gasteiger partial charge in [0.2, 0.25) is 5.91 Å². The minimum atomic E-state index is -0.544. The van der Waals surface area contributed by atoms with Crippen molar-refractivity contribution in [3.8, 4) is 11.4 Å². The van der Waals surface area contributed by atoms with Crippen LogP contribution in [0.15, 0.2) is 42.5 Å². The van der Waals surface area contributed by atoms with E-state index in [1.807, 2.05) is 41.9 Å². The molecule has 1 aromatic heterocycles. The summed E-state index contributed by atoms with van der Waals surface area (Å²) in [6, 6.07) is 13.4. The summed E-state index contributed by atoms with van der Waals surface area (Å²) in [7, 11) is 3.38. The van der Waals surface area contributed by atoms with E-state index in [1.165, 1.54) is 7.11 Å². The number of rotatable bonds is 6. The lowest BCUT2D eigenvalue weighted by Crippen LogP contribution is -2.61. The maximum atomic E-state index is 13.5. The van der Waals surface area contributed by atoms with Crippen molar-refractivity contribution in [2.75, 3.05) is 19.0 Å². The second kappa shape index (κ2) is 8.71. The van der Waals surface area contributed by atoms with Crippen molar-refractivity contribution in [3.05, 3.63) is 48.0 Å². The molecule has 2 aromatic carbocycles. The van der Waals surface area contributed by atoms with Crippen molar-refractivity contribution in [2.45, 2.75) is 43.7 Å². The van der Waals surface area contributed by atoms with Crippen LogP contribution in [0.25, 0.3) is 22.4 Å². The highest BCUT2D eigenvalue weighted by atomic mass is 16.5. The Morgan fingerprint density at radius 1 is 1.14 bits per heavy atom. The summed E-state index contributed by atoms with van der Waals surface area (Å²) in [5.74, 6) is 1.48. The number of fused-ring (bicyclic) bond motifs is 1. The summed E-state index contributed by atoms with van der Waals surface area (Å²) >= 11 is 0. The van der Waals surface area contributed by atoms with Gasteiger partial charge in [-0.05, 0) is 62.0 Å². The van der Waals surface area contributed by atoms with Crippen molar-refractivity contribution < 1.29 is 19.4 Å². The van der Waals surface area contributed by atoms with Crippen LogP contribution in [0, 0.1) is 17.8 Å². The zero-order chi connectivity index (χ0) is 25.0. The summed E-state index contributed by atoms with van der Waals surface area (Å²) in [4.78, 5) is 30.8. The first kappa shape index (κ1) is 23.2. The highest BCUT2D eigenvalue weighted by Crippen LogP contribution is 2.55. The number of anilines is 1. The van der Waals surface area contributed by atoms with Gasteiger partial charge in [-0.1, -0.05) is 30.3 Å². The molecular weight excluding hydrogens is 456 g/mol. The van der Waals surface area contributed by atoms with Gasteiger partial charge in [0, 0.05) is 31.3 Å². The standard InChI is InChI=1S/C28H32N4O4/c1-32-25-21(29-23(33)15-36-2)10-18(11-22(25)30-26(32)17-6-4-3-5-7-17)27(34)31-24-19-8-16-9-20(24)14-28(35,12-16)13-19/h3-7,10-11,16,19-20,24,35H,8-9,12-15H2,1-2H3,(H,29,33)(H,31,34). The molecule has 0 radical (unpaired) electrons. The van der Waals surface area contributed by atoms with Crippen molar-refractivity contribution in [1.29, 1.82) is 0 Å². The number of benzene rings is 2. The van der Waals surface area contributed by atoms with Crippen LogP contribution in [-0.4, -0.2) is 51.8 Å². The normalized spacial score (nSPS) is 28.4. The number of aromatic nitrogens is 2. The molecule has 4 saturated carbocycles. The Morgan fingerprint density at radius 2 is 1.86 bits per heavy atom. The lowest BCUT2D eigenvalue weighted by molar-refractivity contribution is -0.136. The number of aryl methyl sites for hydroxylation is 1. The first-order valence-corrected chi connectivity index (χ1v) is 12.7. The molecule has 0 aliphatic heterocycles. The quantitative estimate of drug-likeness (QED) is 0.493. The van der Waals surface area contributed by atoms with E-state index >= 15 is 0 Å². The highest BCUT2D eigenvalue weighted by Gasteiger charge is 2.55. The number of hydrogen-bond donors (Lipinski definition) is 3. The maximum absolute atomic E-state index is 13.5. The fraction of sp³-hybridized carbons (Fsp3) is 0.464. The van der Waals surface area contributed by atoms with Gasteiger partial charge in [0.05, 0.1) is 22.3 Å². The average Bonchev–Trinajstić information content (AvgIpc) is 3.17. The van der Waals surface area contributed by atoms with Gasteiger partial charge >= 0.3 is 0 Å². The van der Waals surface area contributed by atoms with Gasteiger partial charge in [-0.15, -0.1) is 0 Å². The summed E-state index contributed by atoms with van der Waals surface area (Å²) in [6.07, 6.45) is 4.58. The largest absolute Gasteiger partial charge is 0.390 e. The molecule has 0 spiro atoms. The Bertz CT molecular complexity index is 1320. The summed E-state index contributed by atoms with van der Waals surface area (Å²) in [5, 5.41) is 17.1. The number of methoxy groups -OCH3 is 1. The number of nitrogens with one attached hydrogen (secondary N) is 2. The third-order valence-corrected chi connectivity index (χ3v) is 8.35. The van der Waals surface area contributed by atoms with E-state index in [9.17, 15) is 14.7 Å². The predicted molar refractivity (Wildman–Crippen MR) is 136 cm³/mol. The van der Waals surface area contributed by atoms with E-state index in [4.69, 9.17) is 9.72 Å². The maximum Gasteiger partial charge on any atom is 0.251 e. The number of aliphatic hydroxyl groups is 1. The van der Waals surface area contributed by atoms with E-state index in [1.54, 1.807) is 12.1 Å². The monoisotopic (exact) mass is 488 g/mol. The number of carbonyl (C=O) groups is 2. The second-order valence-electron chi connectivity index (χ2n) is 10.9. The zero-order valence-electron chi connectivity index (χ0n) is 20.7. The Kier molecular flexibility index (Phi) is 5.61. The Morgan fingerprint density at radius 3 is 2.53 bits per heavy atom. The molecule has 0 saturated heterocycles. The fourth-order valence-corrected chi connectivity index (χ4v) is 7.19. The molecule has 4 aliphatic rings. The van der Waals surface area contributed by atoms with Crippen molar-refractivity contribution in [2.24, 2.45) is 24.8 Å². The molecule has 3 N–H and O–H groups in total. The van der Waals surface area contributed by atoms with Gasteiger partial charge in [-0.3, -0.25) is 9.59 Å². The molecule has 8 nitrogen and oxygen atoms in total. The second-order valence-corrected chi connectivity index (χ2v) is 10.9. The minimum Gasteiger partial charge on any atom is -0.390 e. The molecule has 1 heterocycles. The van der Waals surface area contributed by atoms with Gasteiger partial charge in [0.25, 0.3) is 5.91 Å². The lowest BCUT2D eigenvalue weighted by Gasteiger charge is -2.58. The summed E-state index contributed by atoms with van der Waals surface area (Å²) in [6.45, 7) is -0.0865. The molecule has 3 aromatic rings. The van der Waals surface area contributed by atoms with Crippen LogP contribution in [0.4, 0.5) is 5.69 Å². The van der Waals surface area contributed by atoms with Crippen molar-refractivity contribution in [1.82, 2.24) is 14.9 Å². The Hall–Kier alpha value is -3.23. The topological polar surface area (TPSA) is 105 Å². The molecule has 7 rings (SSSR count). The smallest absolute Gasteiger partial charge is 0.251 e. The summed E-state index contributed by atoms with van der Waals surface area (Å²) < 4.78 is 6.94. The zero-order valence-corrected chi connectivity index (χ0v) is 20.7. The minimum absolute atomic E-state index is 0.0696. The third-order valence-electron chi connectivity index (χ3n) is 8.35. The number of imidazole rings is 1. The lowest BCUT2D eigenvalue weighted by atomic mass is 9.52. The molecule has 2 amide bonds. The van der Waals surface area contributed by atoms with Gasteiger partial charge in [0.1, 0.15) is 12.4 Å². The van der Waals surface area contributed by atoms with Gasteiger partial charge in [-0.2, -0.15) is 0 Å². The highest BCUT2D eigenvalue weighted by molar-refractivity contribution is 6.06.